The predicted molar refractivity (Wildman–Crippen MR) is 80.0 cm³/mol. The minimum atomic E-state index is -0.610. The van der Waals surface area contributed by atoms with E-state index in [9.17, 15) is 9.59 Å². The SMILES string of the molecule is CC(C)[C@H](NC(=O)OC(C)(C)C)C(=O)NCC1CCCO1. The Morgan fingerprint density at radius 1 is 1.33 bits per heavy atom. The normalized spacial score (nSPS) is 20.2. The highest BCUT2D eigenvalue weighted by atomic mass is 16.6. The van der Waals surface area contributed by atoms with Gasteiger partial charge >= 0.3 is 6.09 Å². The van der Waals surface area contributed by atoms with Crippen LogP contribution in [0.5, 0.6) is 0 Å². The maximum absolute atomic E-state index is 12.2. The fraction of sp³-hybridized carbons (Fsp3) is 0.867. The lowest BCUT2D eigenvalue weighted by molar-refractivity contribution is -0.124. The molecule has 0 bridgehead atoms. The predicted octanol–water partition coefficient (Wildman–Crippen LogP) is 1.83. The Kier molecular flexibility index (Phi) is 6.45. The van der Waals surface area contributed by atoms with Gasteiger partial charge in [-0.25, -0.2) is 4.79 Å². The quantitative estimate of drug-likeness (QED) is 0.812. The first-order valence-electron chi connectivity index (χ1n) is 7.58. The van der Waals surface area contributed by atoms with Crippen LogP contribution in [-0.2, 0) is 14.3 Å². The van der Waals surface area contributed by atoms with Gasteiger partial charge in [0.2, 0.25) is 5.91 Å². The van der Waals surface area contributed by atoms with Crippen molar-refractivity contribution in [1.82, 2.24) is 10.6 Å². The smallest absolute Gasteiger partial charge is 0.408 e. The fourth-order valence-corrected chi connectivity index (χ4v) is 2.10. The van der Waals surface area contributed by atoms with Crippen molar-refractivity contribution in [1.29, 1.82) is 0 Å². The number of ether oxygens (including phenoxy) is 2. The second-order valence-electron chi connectivity index (χ2n) is 6.75. The van der Waals surface area contributed by atoms with E-state index < -0.39 is 17.7 Å². The van der Waals surface area contributed by atoms with E-state index in [0.29, 0.717) is 6.54 Å². The van der Waals surface area contributed by atoms with E-state index in [-0.39, 0.29) is 17.9 Å². The highest BCUT2D eigenvalue weighted by Crippen LogP contribution is 2.11. The van der Waals surface area contributed by atoms with Crippen LogP contribution in [0, 0.1) is 5.92 Å². The van der Waals surface area contributed by atoms with Crippen LogP contribution in [-0.4, -0.2) is 42.9 Å². The van der Waals surface area contributed by atoms with Gasteiger partial charge in [-0.3, -0.25) is 4.79 Å². The number of rotatable bonds is 5. The Hall–Kier alpha value is -1.30. The molecule has 1 fully saturated rings. The summed E-state index contributed by atoms with van der Waals surface area (Å²) in [6.45, 7) is 10.4. The van der Waals surface area contributed by atoms with E-state index in [4.69, 9.17) is 9.47 Å². The molecule has 2 N–H and O–H groups in total. The summed E-state index contributed by atoms with van der Waals surface area (Å²) in [6, 6.07) is -0.610. The van der Waals surface area contributed by atoms with Crippen molar-refractivity contribution < 1.29 is 19.1 Å². The molecule has 6 heteroatoms. The van der Waals surface area contributed by atoms with Crippen LogP contribution in [0.2, 0.25) is 0 Å². The molecule has 0 aromatic carbocycles. The van der Waals surface area contributed by atoms with Crippen LogP contribution in [0.3, 0.4) is 0 Å². The van der Waals surface area contributed by atoms with E-state index in [2.05, 4.69) is 10.6 Å². The summed E-state index contributed by atoms with van der Waals surface area (Å²) in [5.74, 6) is -0.228. The van der Waals surface area contributed by atoms with Gasteiger partial charge in [-0.05, 0) is 39.5 Å². The third-order valence-corrected chi connectivity index (χ3v) is 3.15. The molecule has 0 saturated carbocycles. The van der Waals surface area contributed by atoms with Gasteiger partial charge in [-0.15, -0.1) is 0 Å². The third kappa shape index (κ3) is 6.80. The summed E-state index contributed by atoms with van der Waals surface area (Å²) in [6.07, 6.45) is 1.51. The first kappa shape index (κ1) is 17.8. The number of alkyl carbamates (subject to hydrolysis) is 1. The number of nitrogens with one attached hydrogen (secondary N) is 2. The summed E-state index contributed by atoms with van der Waals surface area (Å²) in [4.78, 5) is 24.0. The lowest BCUT2D eigenvalue weighted by Gasteiger charge is -2.25. The molecule has 1 unspecified atom stereocenters. The topological polar surface area (TPSA) is 76.7 Å². The zero-order valence-electron chi connectivity index (χ0n) is 13.7. The van der Waals surface area contributed by atoms with Crippen molar-refractivity contribution >= 4 is 12.0 Å². The van der Waals surface area contributed by atoms with Gasteiger partial charge in [0.15, 0.2) is 0 Å². The lowest BCUT2D eigenvalue weighted by atomic mass is 10.0. The van der Waals surface area contributed by atoms with Crippen molar-refractivity contribution in [2.45, 2.75) is 65.2 Å². The number of hydrogen-bond acceptors (Lipinski definition) is 4. The van der Waals surface area contributed by atoms with Crippen LogP contribution in [0.1, 0.15) is 47.5 Å². The highest BCUT2D eigenvalue weighted by molar-refractivity contribution is 5.85. The van der Waals surface area contributed by atoms with Gasteiger partial charge in [0.1, 0.15) is 11.6 Å². The Morgan fingerprint density at radius 2 is 2.00 bits per heavy atom. The number of carbonyl (C=O) groups is 2. The molecule has 21 heavy (non-hydrogen) atoms. The number of amides is 2. The summed E-state index contributed by atoms with van der Waals surface area (Å²) < 4.78 is 10.7. The molecule has 1 rings (SSSR count). The molecular weight excluding hydrogens is 272 g/mol. The Morgan fingerprint density at radius 3 is 2.48 bits per heavy atom. The van der Waals surface area contributed by atoms with Crippen LogP contribution in [0.15, 0.2) is 0 Å². The Labute approximate surface area is 126 Å². The lowest BCUT2D eigenvalue weighted by Crippen LogP contribution is -2.51. The van der Waals surface area contributed by atoms with Gasteiger partial charge in [0.25, 0.3) is 0 Å². The summed E-state index contributed by atoms with van der Waals surface area (Å²) >= 11 is 0. The van der Waals surface area contributed by atoms with Gasteiger partial charge in [0.05, 0.1) is 6.10 Å². The molecule has 0 aliphatic carbocycles. The molecule has 1 saturated heterocycles. The highest BCUT2D eigenvalue weighted by Gasteiger charge is 2.27. The molecule has 0 spiro atoms. The number of carbonyl (C=O) groups excluding carboxylic acids is 2. The summed E-state index contributed by atoms with van der Waals surface area (Å²) in [7, 11) is 0. The van der Waals surface area contributed by atoms with E-state index in [1.165, 1.54) is 0 Å². The van der Waals surface area contributed by atoms with Gasteiger partial charge < -0.3 is 20.1 Å². The van der Waals surface area contributed by atoms with Gasteiger partial charge in [-0.1, -0.05) is 13.8 Å². The molecule has 0 radical (unpaired) electrons. The molecule has 2 amide bonds. The van der Waals surface area contributed by atoms with E-state index in [0.717, 1.165) is 19.4 Å². The van der Waals surface area contributed by atoms with E-state index in [1.807, 2.05) is 13.8 Å². The molecule has 122 valence electrons. The third-order valence-electron chi connectivity index (χ3n) is 3.15. The number of hydrogen-bond donors (Lipinski definition) is 2. The second kappa shape index (κ2) is 7.64. The maximum atomic E-state index is 12.2. The monoisotopic (exact) mass is 300 g/mol. The van der Waals surface area contributed by atoms with E-state index in [1.54, 1.807) is 20.8 Å². The average molecular weight is 300 g/mol. The molecule has 2 atom stereocenters. The van der Waals surface area contributed by atoms with Gasteiger partial charge in [-0.2, -0.15) is 0 Å². The van der Waals surface area contributed by atoms with Crippen LogP contribution >= 0.6 is 0 Å². The zero-order valence-corrected chi connectivity index (χ0v) is 13.7. The summed E-state index contributed by atoms with van der Waals surface area (Å²) in [5, 5.41) is 5.47. The maximum Gasteiger partial charge on any atom is 0.408 e. The Bertz CT molecular complexity index is 357. The molecule has 1 heterocycles. The second-order valence-corrected chi connectivity index (χ2v) is 6.75. The molecule has 1 aliphatic rings. The van der Waals surface area contributed by atoms with Crippen LogP contribution in [0.4, 0.5) is 4.79 Å². The summed E-state index contributed by atoms with van der Waals surface area (Å²) in [5.41, 5.74) is -0.584. The standard InChI is InChI=1S/C15H28N2O4/c1-10(2)12(17-14(19)21-15(3,4)5)13(18)16-9-11-7-6-8-20-11/h10-12H,6-9H2,1-5H3,(H,16,18)(H,17,19)/t11?,12-/m0/s1. The molecular formula is C15H28N2O4. The zero-order chi connectivity index (χ0) is 16.0. The molecule has 6 nitrogen and oxygen atoms in total. The van der Waals surface area contributed by atoms with Crippen molar-refractivity contribution in [3.05, 3.63) is 0 Å². The minimum Gasteiger partial charge on any atom is -0.444 e. The van der Waals surface area contributed by atoms with Crippen molar-refractivity contribution in [3.63, 3.8) is 0 Å². The van der Waals surface area contributed by atoms with Crippen molar-refractivity contribution in [2.24, 2.45) is 5.92 Å². The molecule has 1 aliphatic heterocycles. The van der Waals surface area contributed by atoms with Gasteiger partial charge in [0, 0.05) is 13.2 Å². The first-order chi connectivity index (χ1) is 9.69. The largest absolute Gasteiger partial charge is 0.444 e. The first-order valence-corrected chi connectivity index (χ1v) is 7.58. The average Bonchev–Trinajstić information content (AvgIpc) is 2.83. The molecule has 0 aromatic rings. The van der Waals surface area contributed by atoms with Crippen LogP contribution in [0.25, 0.3) is 0 Å². The van der Waals surface area contributed by atoms with E-state index >= 15 is 0 Å². The molecule has 0 aromatic heterocycles. The Balaban J connectivity index is 2.47. The van der Waals surface area contributed by atoms with Crippen molar-refractivity contribution in [2.75, 3.05) is 13.2 Å². The minimum absolute atomic E-state index is 0.0259. The fourth-order valence-electron chi connectivity index (χ4n) is 2.10. The van der Waals surface area contributed by atoms with Crippen molar-refractivity contribution in [3.8, 4) is 0 Å². The van der Waals surface area contributed by atoms with Crippen LogP contribution < -0.4 is 10.6 Å².